The maximum atomic E-state index is 12.2. The Bertz CT molecular complexity index is 455. The molecule has 0 aromatic carbocycles. The summed E-state index contributed by atoms with van der Waals surface area (Å²) in [5.74, 6) is 0.173. The first kappa shape index (κ1) is 14.6. The van der Waals surface area contributed by atoms with Gasteiger partial charge in [-0.2, -0.15) is 0 Å². The summed E-state index contributed by atoms with van der Waals surface area (Å²) >= 11 is 0. The van der Waals surface area contributed by atoms with Gasteiger partial charge in [-0.3, -0.25) is 0 Å². The summed E-state index contributed by atoms with van der Waals surface area (Å²) in [6, 6.07) is -0.752. The van der Waals surface area contributed by atoms with Crippen LogP contribution in [0.4, 0.5) is 4.79 Å². The number of amides is 2. The van der Waals surface area contributed by atoms with E-state index in [1.165, 1.54) is 0 Å². The number of nitrogens with zero attached hydrogens (tertiary/aromatic N) is 1. The molecule has 6 nitrogen and oxygen atoms in total. The zero-order chi connectivity index (χ0) is 14.3. The van der Waals surface area contributed by atoms with E-state index in [2.05, 4.69) is 5.32 Å². The van der Waals surface area contributed by atoms with Gasteiger partial charge in [0.1, 0.15) is 0 Å². The minimum atomic E-state index is -2.99. The van der Waals surface area contributed by atoms with Crippen molar-refractivity contribution in [3.63, 3.8) is 0 Å². The molecule has 2 amide bonds. The first-order valence-corrected chi connectivity index (χ1v) is 8.51. The average Bonchev–Trinajstić information content (AvgIpc) is 2.83. The van der Waals surface area contributed by atoms with Crippen molar-refractivity contribution in [3.8, 4) is 0 Å². The van der Waals surface area contributed by atoms with Crippen molar-refractivity contribution in [2.75, 3.05) is 18.1 Å². The number of carbonyl (C=O) groups is 1. The lowest BCUT2D eigenvalue weighted by Crippen LogP contribution is -2.53. The van der Waals surface area contributed by atoms with Crippen LogP contribution in [0.1, 0.15) is 33.1 Å². The van der Waals surface area contributed by atoms with Crippen molar-refractivity contribution in [2.24, 2.45) is 0 Å². The highest BCUT2D eigenvalue weighted by Crippen LogP contribution is 2.27. The molecule has 2 aliphatic rings. The van der Waals surface area contributed by atoms with E-state index in [4.69, 9.17) is 0 Å². The minimum absolute atomic E-state index is 0.0275. The van der Waals surface area contributed by atoms with Crippen molar-refractivity contribution in [1.82, 2.24) is 10.2 Å². The minimum Gasteiger partial charge on any atom is -0.388 e. The standard InChI is InChI=1S/C12H22N2O4S/c1-12(2,16)10-4-3-6-14(10)11(15)13-9-5-7-19(17,18)8-9/h9-10,16H,3-8H2,1-2H3,(H,13,15)/t9-,10+/m1/s1. The summed E-state index contributed by atoms with van der Waals surface area (Å²) in [6.45, 7) is 4.01. The Hall–Kier alpha value is -0.820. The van der Waals surface area contributed by atoms with Gasteiger partial charge in [0, 0.05) is 12.6 Å². The molecule has 0 saturated carbocycles. The third-order valence-corrected chi connectivity index (χ3v) is 5.66. The Labute approximate surface area is 114 Å². The normalized spacial score (nSPS) is 30.6. The van der Waals surface area contributed by atoms with Crippen LogP contribution in [0.2, 0.25) is 0 Å². The molecule has 7 heteroatoms. The number of sulfone groups is 1. The van der Waals surface area contributed by atoms with Gasteiger partial charge in [0.25, 0.3) is 0 Å². The molecule has 0 aromatic rings. The monoisotopic (exact) mass is 290 g/mol. The molecule has 2 N–H and O–H groups in total. The molecule has 2 atom stereocenters. The molecule has 110 valence electrons. The summed E-state index contributed by atoms with van der Waals surface area (Å²) in [5, 5.41) is 12.8. The Kier molecular flexibility index (Phi) is 3.79. The molecule has 0 radical (unpaired) electrons. The predicted molar refractivity (Wildman–Crippen MR) is 71.6 cm³/mol. The van der Waals surface area contributed by atoms with Crippen LogP contribution < -0.4 is 5.32 Å². The number of carbonyl (C=O) groups excluding carboxylic acids is 1. The fourth-order valence-corrected chi connectivity index (χ4v) is 4.58. The lowest BCUT2D eigenvalue weighted by molar-refractivity contribution is 0.00954. The Morgan fingerprint density at radius 2 is 2.05 bits per heavy atom. The van der Waals surface area contributed by atoms with E-state index in [0.717, 1.165) is 12.8 Å². The largest absolute Gasteiger partial charge is 0.388 e. The highest BCUT2D eigenvalue weighted by atomic mass is 32.2. The topological polar surface area (TPSA) is 86.7 Å². The van der Waals surface area contributed by atoms with Crippen LogP contribution in [0.5, 0.6) is 0 Å². The van der Waals surface area contributed by atoms with E-state index >= 15 is 0 Å². The Morgan fingerprint density at radius 3 is 2.58 bits per heavy atom. The molecule has 19 heavy (non-hydrogen) atoms. The molecule has 0 bridgehead atoms. The first-order valence-electron chi connectivity index (χ1n) is 6.69. The summed E-state index contributed by atoms with van der Waals surface area (Å²) in [6.07, 6.45) is 2.13. The number of nitrogens with one attached hydrogen (secondary N) is 1. The summed E-state index contributed by atoms with van der Waals surface area (Å²) in [7, 11) is -2.99. The lowest BCUT2D eigenvalue weighted by Gasteiger charge is -2.34. The molecule has 2 rings (SSSR count). The number of aliphatic hydroxyl groups is 1. The zero-order valence-corrected chi connectivity index (χ0v) is 12.2. The third-order valence-electron chi connectivity index (χ3n) is 3.89. The highest BCUT2D eigenvalue weighted by Gasteiger charge is 2.39. The molecular weight excluding hydrogens is 268 g/mol. The maximum Gasteiger partial charge on any atom is 0.317 e. The lowest BCUT2D eigenvalue weighted by atomic mass is 9.97. The molecule has 0 aromatic heterocycles. The predicted octanol–water partition coefficient (Wildman–Crippen LogP) is 0.118. The fraction of sp³-hybridized carbons (Fsp3) is 0.917. The highest BCUT2D eigenvalue weighted by molar-refractivity contribution is 7.91. The molecule has 0 spiro atoms. The second kappa shape index (κ2) is 4.94. The average molecular weight is 290 g/mol. The Balaban J connectivity index is 1.97. The molecule has 2 saturated heterocycles. The Morgan fingerprint density at radius 1 is 1.37 bits per heavy atom. The zero-order valence-electron chi connectivity index (χ0n) is 11.4. The van der Waals surface area contributed by atoms with E-state index in [-0.39, 0.29) is 29.6 Å². The van der Waals surface area contributed by atoms with Gasteiger partial charge in [-0.15, -0.1) is 0 Å². The molecule has 2 heterocycles. The number of urea groups is 1. The van der Waals surface area contributed by atoms with E-state index in [0.29, 0.717) is 13.0 Å². The van der Waals surface area contributed by atoms with Crippen molar-refractivity contribution >= 4 is 15.9 Å². The second-order valence-electron chi connectivity index (χ2n) is 6.05. The first-order chi connectivity index (χ1) is 8.69. The van der Waals surface area contributed by atoms with Crippen molar-refractivity contribution in [2.45, 2.75) is 50.8 Å². The van der Waals surface area contributed by atoms with Gasteiger partial charge in [-0.1, -0.05) is 0 Å². The van der Waals surface area contributed by atoms with Crippen LogP contribution in [-0.4, -0.2) is 60.2 Å². The summed E-state index contributed by atoms with van der Waals surface area (Å²) in [4.78, 5) is 13.8. The van der Waals surface area contributed by atoms with Gasteiger partial charge in [-0.25, -0.2) is 13.2 Å². The van der Waals surface area contributed by atoms with Crippen LogP contribution in [0, 0.1) is 0 Å². The second-order valence-corrected chi connectivity index (χ2v) is 8.28. The van der Waals surface area contributed by atoms with Crippen LogP contribution >= 0.6 is 0 Å². The van der Waals surface area contributed by atoms with E-state index < -0.39 is 15.4 Å². The third kappa shape index (κ3) is 3.39. The number of likely N-dealkylation sites (tertiary alicyclic amines) is 1. The van der Waals surface area contributed by atoms with Crippen molar-refractivity contribution in [1.29, 1.82) is 0 Å². The SMILES string of the molecule is CC(C)(O)[C@@H]1CCCN1C(=O)N[C@@H]1CCS(=O)(=O)C1. The molecule has 2 aliphatic heterocycles. The van der Waals surface area contributed by atoms with Gasteiger partial charge < -0.3 is 15.3 Å². The van der Waals surface area contributed by atoms with E-state index in [1.807, 2.05) is 0 Å². The summed E-state index contributed by atoms with van der Waals surface area (Å²) < 4.78 is 22.7. The van der Waals surface area contributed by atoms with Gasteiger partial charge in [0.2, 0.25) is 0 Å². The van der Waals surface area contributed by atoms with Gasteiger partial charge >= 0.3 is 6.03 Å². The smallest absolute Gasteiger partial charge is 0.317 e. The van der Waals surface area contributed by atoms with Crippen LogP contribution in [-0.2, 0) is 9.84 Å². The van der Waals surface area contributed by atoms with Crippen LogP contribution in [0.15, 0.2) is 0 Å². The van der Waals surface area contributed by atoms with E-state index in [1.54, 1.807) is 18.7 Å². The fourth-order valence-electron chi connectivity index (χ4n) is 2.91. The van der Waals surface area contributed by atoms with Crippen molar-refractivity contribution < 1.29 is 18.3 Å². The summed E-state index contributed by atoms with van der Waals surface area (Å²) in [5.41, 5.74) is -0.935. The molecule has 2 fully saturated rings. The maximum absolute atomic E-state index is 12.2. The molecular formula is C12H22N2O4S. The van der Waals surface area contributed by atoms with Crippen LogP contribution in [0.25, 0.3) is 0 Å². The number of hydrogen-bond donors (Lipinski definition) is 2. The number of rotatable bonds is 2. The quantitative estimate of drug-likeness (QED) is 0.756. The van der Waals surface area contributed by atoms with Gasteiger partial charge in [0.05, 0.1) is 23.1 Å². The van der Waals surface area contributed by atoms with Gasteiger partial charge in [-0.05, 0) is 33.1 Å². The molecule has 0 aliphatic carbocycles. The van der Waals surface area contributed by atoms with Crippen LogP contribution in [0.3, 0.4) is 0 Å². The van der Waals surface area contributed by atoms with Crippen molar-refractivity contribution in [3.05, 3.63) is 0 Å². The van der Waals surface area contributed by atoms with Gasteiger partial charge in [0.15, 0.2) is 9.84 Å². The van der Waals surface area contributed by atoms with E-state index in [9.17, 15) is 18.3 Å². The molecule has 0 unspecified atom stereocenters. The number of hydrogen-bond acceptors (Lipinski definition) is 4.